The van der Waals surface area contributed by atoms with Gasteiger partial charge in [0, 0.05) is 17.6 Å². The number of halogens is 1. The molecule has 0 saturated heterocycles. The van der Waals surface area contributed by atoms with E-state index in [9.17, 15) is 18.0 Å². The summed E-state index contributed by atoms with van der Waals surface area (Å²) in [4.78, 5) is 28.5. The van der Waals surface area contributed by atoms with Crippen molar-refractivity contribution in [2.75, 3.05) is 25.1 Å². The van der Waals surface area contributed by atoms with E-state index in [-0.39, 0.29) is 29.1 Å². The van der Waals surface area contributed by atoms with Gasteiger partial charge in [-0.25, -0.2) is 8.42 Å². The Morgan fingerprint density at radius 2 is 1.56 bits per heavy atom. The Morgan fingerprint density at radius 3 is 2.15 bits per heavy atom. The van der Waals surface area contributed by atoms with Gasteiger partial charge in [-0.15, -0.1) is 0 Å². The van der Waals surface area contributed by atoms with Crippen molar-refractivity contribution < 1.29 is 27.5 Å². The van der Waals surface area contributed by atoms with Crippen molar-refractivity contribution in [3.8, 4) is 11.5 Å². The summed E-state index contributed by atoms with van der Waals surface area (Å²) in [5.74, 6) is 0.179. The molecule has 220 valence electrons. The number of nitrogens with zero attached hydrogens (tertiary/aromatic N) is 2. The van der Waals surface area contributed by atoms with Crippen LogP contribution in [0.4, 0.5) is 5.69 Å². The van der Waals surface area contributed by atoms with Crippen molar-refractivity contribution in [3.05, 3.63) is 83.4 Å². The molecule has 0 aliphatic heterocycles. The smallest absolute Gasteiger partial charge is 0.264 e. The van der Waals surface area contributed by atoms with Crippen LogP contribution in [0, 0.1) is 0 Å². The highest BCUT2D eigenvalue weighted by molar-refractivity contribution is 7.92. The van der Waals surface area contributed by atoms with Crippen LogP contribution in [0.5, 0.6) is 11.5 Å². The lowest BCUT2D eigenvalue weighted by Crippen LogP contribution is -2.52. The third-order valence-electron chi connectivity index (χ3n) is 6.70. The van der Waals surface area contributed by atoms with Gasteiger partial charge in [0.25, 0.3) is 10.0 Å². The van der Waals surface area contributed by atoms with Crippen LogP contribution >= 0.6 is 11.6 Å². The van der Waals surface area contributed by atoms with Gasteiger partial charge >= 0.3 is 0 Å². The highest BCUT2D eigenvalue weighted by atomic mass is 35.5. The van der Waals surface area contributed by atoms with Crippen LogP contribution < -0.4 is 19.1 Å². The summed E-state index contributed by atoms with van der Waals surface area (Å²) in [6.07, 6.45) is 0.715. The van der Waals surface area contributed by atoms with E-state index in [2.05, 4.69) is 5.32 Å². The second kappa shape index (κ2) is 14.2. The number of methoxy groups -OCH3 is 2. The van der Waals surface area contributed by atoms with Crippen molar-refractivity contribution in [1.82, 2.24) is 10.2 Å². The Morgan fingerprint density at radius 1 is 0.927 bits per heavy atom. The predicted molar refractivity (Wildman–Crippen MR) is 160 cm³/mol. The van der Waals surface area contributed by atoms with E-state index in [0.29, 0.717) is 22.9 Å². The molecule has 41 heavy (non-hydrogen) atoms. The Balaban J connectivity index is 2.03. The molecule has 0 bridgehead atoms. The van der Waals surface area contributed by atoms with Gasteiger partial charge < -0.3 is 19.7 Å². The maximum atomic E-state index is 14.0. The van der Waals surface area contributed by atoms with Crippen molar-refractivity contribution in [2.24, 2.45) is 0 Å². The average molecular weight is 602 g/mol. The third-order valence-corrected chi connectivity index (χ3v) is 8.74. The fraction of sp³-hybridized carbons (Fsp3) is 0.333. The average Bonchev–Trinajstić information content (AvgIpc) is 2.98. The molecule has 0 heterocycles. The van der Waals surface area contributed by atoms with E-state index < -0.39 is 28.5 Å². The normalized spacial score (nSPS) is 12.6. The Bertz CT molecular complexity index is 1430. The van der Waals surface area contributed by atoms with Crippen molar-refractivity contribution in [2.45, 2.75) is 50.7 Å². The lowest BCUT2D eigenvalue weighted by atomic mass is 10.1. The SMILES string of the molecule is CC[C@H](C)NC(=O)[C@H](C)N(Cc1cccc(OC)c1)C(=O)CN(c1ccc(Cl)cc1)S(=O)(=O)c1ccc(OC)cc1. The minimum atomic E-state index is -4.21. The zero-order valence-corrected chi connectivity index (χ0v) is 25.4. The summed E-state index contributed by atoms with van der Waals surface area (Å²) in [6, 6.07) is 18.2. The van der Waals surface area contributed by atoms with Crippen LogP contribution in [0.2, 0.25) is 5.02 Å². The van der Waals surface area contributed by atoms with Gasteiger partial charge in [0.15, 0.2) is 0 Å². The molecule has 0 aromatic heterocycles. The first kappa shape index (κ1) is 31.8. The topological polar surface area (TPSA) is 105 Å². The Labute approximate surface area is 247 Å². The van der Waals surface area contributed by atoms with E-state index in [1.807, 2.05) is 19.9 Å². The van der Waals surface area contributed by atoms with Gasteiger partial charge in [0.1, 0.15) is 24.1 Å². The molecule has 0 radical (unpaired) electrons. The van der Waals surface area contributed by atoms with E-state index in [1.54, 1.807) is 37.3 Å². The fourth-order valence-electron chi connectivity index (χ4n) is 4.03. The standard InChI is InChI=1S/C30H36ClN3O6S/c1-6-21(2)32-30(36)22(3)33(19-23-8-7-9-27(18-23)40-5)29(35)20-34(25-12-10-24(31)11-13-25)41(37,38)28-16-14-26(39-4)15-17-28/h7-18,21-22H,6,19-20H2,1-5H3,(H,32,36)/t21-,22-/m0/s1. The zero-order valence-electron chi connectivity index (χ0n) is 23.8. The maximum absolute atomic E-state index is 14.0. The summed E-state index contributed by atoms with van der Waals surface area (Å²) in [5.41, 5.74) is 0.966. The van der Waals surface area contributed by atoms with E-state index in [1.165, 1.54) is 55.5 Å². The number of amides is 2. The van der Waals surface area contributed by atoms with Gasteiger partial charge in [0.2, 0.25) is 11.8 Å². The zero-order chi connectivity index (χ0) is 30.2. The quantitative estimate of drug-likeness (QED) is 0.299. The lowest BCUT2D eigenvalue weighted by Gasteiger charge is -2.32. The monoisotopic (exact) mass is 601 g/mol. The Hall–Kier alpha value is -3.76. The lowest BCUT2D eigenvalue weighted by molar-refractivity contribution is -0.139. The van der Waals surface area contributed by atoms with Crippen LogP contribution in [-0.2, 0) is 26.2 Å². The Kier molecular flexibility index (Phi) is 11.0. The molecular weight excluding hydrogens is 566 g/mol. The number of nitrogens with one attached hydrogen (secondary N) is 1. The summed E-state index contributed by atoms with van der Waals surface area (Å²) in [6.45, 7) is 4.95. The minimum absolute atomic E-state index is 0.0250. The minimum Gasteiger partial charge on any atom is -0.497 e. The van der Waals surface area contributed by atoms with Gasteiger partial charge in [-0.05, 0) is 86.5 Å². The number of carbonyl (C=O) groups excluding carboxylic acids is 2. The molecular formula is C30H36ClN3O6S. The molecule has 0 aliphatic carbocycles. The predicted octanol–water partition coefficient (Wildman–Crippen LogP) is 4.88. The first-order valence-corrected chi connectivity index (χ1v) is 15.0. The van der Waals surface area contributed by atoms with E-state index in [0.717, 1.165) is 9.87 Å². The fourth-order valence-corrected chi connectivity index (χ4v) is 5.57. The van der Waals surface area contributed by atoms with Crippen molar-refractivity contribution in [3.63, 3.8) is 0 Å². The summed E-state index contributed by atoms with van der Waals surface area (Å²) < 4.78 is 39.3. The molecule has 9 nitrogen and oxygen atoms in total. The van der Waals surface area contributed by atoms with Crippen LogP contribution in [0.25, 0.3) is 0 Å². The number of hydrogen-bond donors (Lipinski definition) is 1. The van der Waals surface area contributed by atoms with E-state index in [4.69, 9.17) is 21.1 Å². The molecule has 0 saturated carbocycles. The summed E-state index contributed by atoms with van der Waals surface area (Å²) in [7, 11) is -1.18. The van der Waals surface area contributed by atoms with Gasteiger partial charge in [-0.3, -0.25) is 13.9 Å². The molecule has 3 aromatic carbocycles. The number of rotatable bonds is 13. The molecule has 1 N–H and O–H groups in total. The second-order valence-electron chi connectivity index (χ2n) is 9.53. The maximum Gasteiger partial charge on any atom is 0.264 e. The molecule has 0 unspecified atom stereocenters. The highest BCUT2D eigenvalue weighted by Crippen LogP contribution is 2.27. The molecule has 3 aromatic rings. The summed E-state index contributed by atoms with van der Waals surface area (Å²) in [5, 5.41) is 3.33. The highest BCUT2D eigenvalue weighted by Gasteiger charge is 2.33. The van der Waals surface area contributed by atoms with Crippen LogP contribution in [0.15, 0.2) is 77.7 Å². The number of ether oxygens (including phenoxy) is 2. The van der Waals surface area contributed by atoms with Crippen LogP contribution in [0.3, 0.4) is 0 Å². The summed E-state index contributed by atoms with van der Waals surface area (Å²) >= 11 is 6.07. The first-order chi connectivity index (χ1) is 19.5. The number of benzene rings is 3. The van der Waals surface area contributed by atoms with Crippen LogP contribution in [0.1, 0.15) is 32.8 Å². The van der Waals surface area contributed by atoms with Gasteiger partial charge in [0.05, 0.1) is 24.8 Å². The third kappa shape index (κ3) is 8.14. The number of sulfonamides is 1. The molecule has 2 atom stereocenters. The largest absolute Gasteiger partial charge is 0.497 e. The number of hydrogen-bond acceptors (Lipinski definition) is 6. The van der Waals surface area contributed by atoms with Crippen molar-refractivity contribution >= 4 is 39.1 Å². The van der Waals surface area contributed by atoms with Gasteiger partial charge in [-0.1, -0.05) is 30.7 Å². The molecule has 0 aliphatic rings. The molecule has 3 rings (SSSR count). The number of carbonyl (C=O) groups is 2. The van der Waals surface area contributed by atoms with Gasteiger partial charge in [-0.2, -0.15) is 0 Å². The molecule has 0 fully saturated rings. The van der Waals surface area contributed by atoms with E-state index >= 15 is 0 Å². The van der Waals surface area contributed by atoms with Crippen LogP contribution in [-0.4, -0.2) is 58.0 Å². The molecule has 0 spiro atoms. The second-order valence-corrected chi connectivity index (χ2v) is 11.8. The first-order valence-electron chi connectivity index (χ1n) is 13.1. The van der Waals surface area contributed by atoms with Crippen molar-refractivity contribution in [1.29, 1.82) is 0 Å². The number of anilines is 1. The molecule has 11 heteroatoms. The molecule has 2 amide bonds.